The van der Waals surface area contributed by atoms with Gasteiger partial charge in [-0.05, 0) is 67.9 Å². The number of hydrogen-bond donors (Lipinski definition) is 2. The van der Waals surface area contributed by atoms with Crippen LogP contribution in [0, 0.1) is 5.92 Å². The lowest BCUT2D eigenvalue weighted by Crippen LogP contribution is -2.50. The average molecular weight is 533 g/mol. The minimum absolute atomic E-state index is 0.0376. The van der Waals surface area contributed by atoms with Gasteiger partial charge in [0, 0.05) is 35.1 Å². The zero-order valence-electron chi connectivity index (χ0n) is 19.9. The molecule has 2 fully saturated rings. The molecular weight excluding hydrogens is 503 g/mol. The van der Waals surface area contributed by atoms with Crippen LogP contribution in [0.4, 0.5) is 4.79 Å². The second-order valence-corrected chi connectivity index (χ2v) is 10.3. The van der Waals surface area contributed by atoms with E-state index in [4.69, 9.17) is 27.9 Å². The molecule has 0 aromatic heterocycles. The molecular formula is C27H30Cl2N2O5. The highest BCUT2D eigenvalue weighted by Crippen LogP contribution is 2.31. The Morgan fingerprint density at radius 1 is 1.03 bits per heavy atom. The van der Waals surface area contributed by atoms with E-state index in [0.717, 1.165) is 42.4 Å². The lowest BCUT2D eigenvalue weighted by molar-refractivity contribution is -0.142. The van der Waals surface area contributed by atoms with E-state index in [1.165, 1.54) is 0 Å². The van der Waals surface area contributed by atoms with Crippen LogP contribution in [0.3, 0.4) is 0 Å². The molecule has 9 heteroatoms. The standard InChI is InChI=1S/C27H30Cl2N2O5/c28-20-11-12-23(29)22(15-20)18-9-7-17(8-10-18)14-24(26(33)34)30-25(32)19-4-3-13-31(16-19)27(35)36-21-5-1-2-6-21/h7-12,15,19,21,24H,1-6,13-14,16H2,(H,30,32)(H,33,34)/t19?,24-/m0/s1. The van der Waals surface area contributed by atoms with E-state index in [1.54, 1.807) is 23.1 Å². The number of rotatable bonds is 7. The van der Waals surface area contributed by atoms with Crippen molar-refractivity contribution in [1.29, 1.82) is 0 Å². The maximum Gasteiger partial charge on any atom is 0.410 e. The van der Waals surface area contributed by atoms with Crippen LogP contribution < -0.4 is 5.32 Å². The molecule has 1 heterocycles. The van der Waals surface area contributed by atoms with E-state index < -0.39 is 17.9 Å². The number of aliphatic carboxylic acids is 1. The molecule has 1 saturated heterocycles. The number of piperidine rings is 1. The van der Waals surface area contributed by atoms with Gasteiger partial charge in [0.2, 0.25) is 5.91 Å². The molecule has 2 atom stereocenters. The van der Waals surface area contributed by atoms with Crippen molar-refractivity contribution in [3.8, 4) is 11.1 Å². The lowest BCUT2D eigenvalue weighted by Gasteiger charge is -2.32. The highest BCUT2D eigenvalue weighted by molar-refractivity contribution is 6.35. The van der Waals surface area contributed by atoms with Crippen LogP contribution in [0.15, 0.2) is 42.5 Å². The summed E-state index contributed by atoms with van der Waals surface area (Å²) in [5.74, 6) is -1.94. The maximum atomic E-state index is 12.9. The third-order valence-corrected chi connectivity index (χ3v) is 7.43. The van der Waals surface area contributed by atoms with Gasteiger partial charge in [-0.15, -0.1) is 0 Å². The fourth-order valence-corrected chi connectivity index (χ4v) is 5.24. The molecule has 2 amide bonds. The van der Waals surface area contributed by atoms with E-state index in [0.29, 0.717) is 29.4 Å². The summed E-state index contributed by atoms with van der Waals surface area (Å²) in [5, 5.41) is 13.6. The predicted octanol–water partition coefficient (Wildman–Crippen LogP) is 5.56. The van der Waals surface area contributed by atoms with Crippen LogP contribution in [-0.2, 0) is 20.7 Å². The lowest BCUT2D eigenvalue weighted by atomic mass is 9.96. The van der Waals surface area contributed by atoms with Crippen molar-refractivity contribution >= 4 is 41.2 Å². The first-order valence-corrected chi connectivity index (χ1v) is 13.1. The Morgan fingerprint density at radius 2 is 1.75 bits per heavy atom. The van der Waals surface area contributed by atoms with Crippen molar-refractivity contribution in [2.75, 3.05) is 13.1 Å². The smallest absolute Gasteiger partial charge is 0.410 e. The molecule has 36 heavy (non-hydrogen) atoms. The summed E-state index contributed by atoms with van der Waals surface area (Å²) in [6, 6.07) is 11.5. The second kappa shape index (κ2) is 12.0. The van der Waals surface area contributed by atoms with Crippen LogP contribution in [0.1, 0.15) is 44.1 Å². The minimum atomic E-state index is -1.11. The molecule has 1 aliphatic heterocycles. The molecule has 2 aromatic carbocycles. The number of carboxylic acids is 1. The molecule has 2 aromatic rings. The number of hydrogen-bond acceptors (Lipinski definition) is 4. The fraction of sp³-hybridized carbons (Fsp3) is 0.444. The summed E-state index contributed by atoms with van der Waals surface area (Å²) in [7, 11) is 0. The number of nitrogens with one attached hydrogen (secondary N) is 1. The largest absolute Gasteiger partial charge is 0.480 e. The SMILES string of the molecule is O=C(N[C@@H](Cc1ccc(-c2cc(Cl)ccc2Cl)cc1)C(=O)O)C1CCCN(C(=O)OC2CCCC2)C1. The predicted molar refractivity (Wildman–Crippen MR) is 138 cm³/mol. The Hall–Kier alpha value is -2.77. The van der Waals surface area contributed by atoms with Crippen LogP contribution in [0.25, 0.3) is 11.1 Å². The minimum Gasteiger partial charge on any atom is -0.480 e. The van der Waals surface area contributed by atoms with Gasteiger partial charge in [0.15, 0.2) is 0 Å². The van der Waals surface area contributed by atoms with E-state index >= 15 is 0 Å². The number of ether oxygens (including phenoxy) is 1. The van der Waals surface area contributed by atoms with E-state index in [9.17, 15) is 19.5 Å². The number of carbonyl (C=O) groups excluding carboxylic acids is 2. The van der Waals surface area contributed by atoms with Gasteiger partial charge in [0.05, 0.1) is 5.92 Å². The van der Waals surface area contributed by atoms with Crippen LogP contribution in [-0.4, -0.2) is 53.2 Å². The third kappa shape index (κ3) is 6.71. The van der Waals surface area contributed by atoms with Crippen LogP contribution in [0.5, 0.6) is 0 Å². The monoisotopic (exact) mass is 532 g/mol. The molecule has 0 bridgehead atoms. The van der Waals surface area contributed by atoms with Crippen molar-refractivity contribution in [2.24, 2.45) is 5.92 Å². The van der Waals surface area contributed by atoms with Gasteiger partial charge in [-0.25, -0.2) is 9.59 Å². The third-order valence-electron chi connectivity index (χ3n) is 6.87. The summed E-state index contributed by atoms with van der Waals surface area (Å²) >= 11 is 12.4. The molecule has 1 aliphatic carbocycles. The topological polar surface area (TPSA) is 95.9 Å². The number of nitrogens with zero attached hydrogens (tertiary/aromatic N) is 1. The molecule has 1 unspecified atom stereocenters. The molecule has 192 valence electrons. The zero-order valence-corrected chi connectivity index (χ0v) is 21.4. The van der Waals surface area contributed by atoms with Crippen LogP contribution in [0.2, 0.25) is 10.0 Å². The Kier molecular flexibility index (Phi) is 8.75. The first-order chi connectivity index (χ1) is 17.3. The summed E-state index contributed by atoms with van der Waals surface area (Å²) in [4.78, 5) is 39.0. The molecule has 0 spiro atoms. The molecule has 2 N–H and O–H groups in total. The molecule has 7 nitrogen and oxygen atoms in total. The van der Waals surface area contributed by atoms with Gasteiger partial charge >= 0.3 is 12.1 Å². The van der Waals surface area contributed by atoms with Gasteiger partial charge in [0.1, 0.15) is 12.1 Å². The normalized spacial score (nSPS) is 19.1. The number of benzene rings is 2. The molecule has 0 radical (unpaired) electrons. The van der Waals surface area contributed by atoms with E-state index in [2.05, 4.69) is 5.32 Å². The number of carboxylic acid groups (broad SMARTS) is 1. The van der Waals surface area contributed by atoms with Gasteiger partial charge < -0.3 is 20.1 Å². The number of likely N-dealkylation sites (tertiary alicyclic amines) is 1. The summed E-state index contributed by atoms with van der Waals surface area (Å²) in [6.45, 7) is 0.777. The molecule has 4 rings (SSSR count). The Bertz CT molecular complexity index is 1100. The maximum absolute atomic E-state index is 12.9. The van der Waals surface area contributed by atoms with Crippen molar-refractivity contribution in [2.45, 2.75) is 57.1 Å². The van der Waals surface area contributed by atoms with Crippen molar-refractivity contribution in [1.82, 2.24) is 10.2 Å². The van der Waals surface area contributed by atoms with Crippen LogP contribution >= 0.6 is 23.2 Å². The van der Waals surface area contributed by atoms with E-state index in [1.807, 2.05) is 24.3 Å². The molecule has 2 aliphatic rings. The van der Waals surface area contributed by atoms with Gasteiger partial charge in [-0.3, -0.25) is 4.79 Å². The highest BCUT2D eigenvalue weighted by atomic mass is 35.5. The van der Waals surface area contributed by atoms with Crippen molar-refractivity contribution < 1.29 is 24.2 Å². The Labute approximate surface area is 220 Å². The van der Waals surface area contributed by atoms with E-state index in [-0.39, 0.29) is 31.1 Å². The summed E-state index contributed by atoms with van der Waals surface area (Å²) in [6.07, 6.45) is 4.88. The zero-order chi connectivity index (χ0) is 25.7. The number of carbonyl (C=O) groups is 3. The quantitative estimate of drug-likeness (QED) is 0.486. The van der Waals surface area contributed by atoms with Gasteiger partial charge in [-0.1, -0.05) is 47.5 Å². The first kappa shape index (κ1) is 26.3. The van der Waals surface area contributed by atoms with Gasteiger partial charge in [0.25, 0.3) is 0 Å². The highest BCUT2D eigenvalue weighted by Gasteiger charge is 2.32. The summed E-state index contributed by atoms with van der Waals surface area (Å²) in [5.41, 5.74) is 2.40. The van der Waals surface area contributed by atoms with Gasteiger partial charge in [-0.2, -0.15) is 0 Å². The summed E-state index contributed by atoms with van der Waals surface area (Å²) < 4.78 is 5.58. The van der Waals surface area contributed by atoms with Crippen molar-refractivity contribution in [3.05, 3.63) is 58.1 Å². The van der Waals surface area contributed by atoms with Crippen molar-refractivity contribution in [3.63, 3.8) is 0 Å². The first-order valence-electron chi connectivity index (χ1n) is 12.3. The Balaban J connectivity index is 1.35. The number of amides is 2. The second-order valence-electron chi connectivity index (χ2n) is 9.50. The Morgan fingerprint density at radius 3 is 2.44 bits per heavy atom. The number of halogens is 2. The average Bonchev–Trinajstić information content (AvgIpc) is 3.38. The fourth-order valence-electron chi connectivity index (χ4n) is 4.84. The molecule has 1 saturated carbocycles.